The predicted molar refractivity (Wildman–Crippen MR) is 79.8 cm³/mol. The van der Waals surface area contributed by atoms with E-state index in [-0.39, 0.29) is 5.91 Å². The highest BCUT2D eigenvalue weighted by molar-refractivity contribution is 5.81. The van der Waals surface area contributed by atoms with Gasteiger partial charge in [0.15, 0.2) is 0 Å². The molecule has 1 aliphatic rings. The van der Waals surface area contributed by atoms with Crippen LogP contribution in [0.4, 0.5) is 11.4 Å². The number of hydrogen-bond donors (Lipinski definition) is 2. The number of fused-ring (bicyclic) bond motifs is 1. The topological polar surface area (TPSA) is 44.4 Å². The van der Waals surface area contributed by atoms with E-state index in [1.165, 1.54) is 17.7 Å². The summed E-state index contributed by atoms with van der Waals surface area (Å²) >= 11 is 0. The highest BCUT2D eigenvalue weighted by Gasteiger charge is 2.13. The lowest BCUT2D eigenvalue weighted by Crippen LogP contribution is -2.37. The number of anilines is 2. The van der Waals surface area contributed by atoms with Crippen LogP contribution in [0.25, 0.3) is 0 Å². The number of likely N-dealkylation sites (N-methyl/N-ethyl adjacent to an activating group) is 2. The number of carbonyl (C=O) groups excluding carboxylic acids is 1. The standard InChI is InChI=1S/C15H23N3O/c1-3-16-15(19)11-18(4-2)13-7-8-14-12(10-13)6-5-9-17-14/h7-8,10,17H,3-6,9,11H2,1-2H3,(H,16,19). The van der Waals surface area contributed by atoms with Gasteiger partial charge in [-0.25, -0.2) is 0 Å². The largest absolute Gasteiger partial charge is 0.385 e. The van der Waals surface area contributed by atoms with Crippen molar-refractivity contribution in [3.8, 4) is 0 Å². The Bertz CT molecular complexity index is 445. The van der Waals surface area contributed by atoms with Crippen molar-refractivity contribution in [1.29, 1.82) is 0 Å². The summed E-state index contributed by atoms with van der Waals surface area (Å²) in [7, 11) is 0. The van der Waals surface area contributed by atoms with Gasteiger partial charge in [0.1, 0.15) is 0 Å². The summed E-state index contributed by atoms with van der Waals surface area (Å²) in [5.74, 6) is 0.0835. The Hall–Kier alpha value is -1.71. The molecular weight excluding hydrogens is 238 g/mol. The van der Waals surface area contributed by atoms with Crippen molar-refractivity contribution in [2.45, 2.75) is 26.7 Å². The molecule has 104 valence electrons. The fourth-order valence-electron chi connectivity index (χ4n) is 2.47. The quantitative estimate of drug-likeness (QED) is 0.852. The first-order valence-corrected chi connectivity index (χ1v) is 7.13. The normalized spacial score (nSPS) is 13.4. The first-order chi connectivity index (χ1) is 9.24. The monoisotopic (exact) mass is 261 g/mol. The molecule has 0 bridgehead atoms. The molecule has 1 aliphatic heterocycles. The van der Waals surface area contributed by atoms with Gasteiger partial charge in [-0.1, -0.05) is 0 Å². The lowest BCUT2D eigenvalue weighted by Gasteiger charge is -2.25. The fraction of sp³-hybridized carbons (Fsp3) is 0.533. The van der Waals surface area contributed by atoms with Crippen LogP contribution in [0, 0.1) is 0 Å². The second-order valence-electron chi connectivity index (χ2n) is 4.84. The average molecular weight is 261 g/mol. The van der Waals surface area contributed by atoms with Crippen molar-refractivity contribution in [1.82, 2.24) is 5.32 Å². The van der Waals surface area contributed by atoms with Gasteiger partial charge in [0.05, 0.1) is 6.54 Å². The molecule has 1 aromatic carbocycles. The molecule has 2 rings (SSSR count). The van der Waals surface area contributed by atoms with E-state index in [4.69, 9.17) is 0 Å². The van der Waals surface area contributed by atoms with Gasteiger partial charge in [0, 0.05) is 31.0 Å². The van der Waals surface area contributed by atoms with Gasteiger partial charge in [0.2, 0.25) is 5.91 Å². The van der Waals surface area contributed by atoms with E-state index in [0.717, 1.165) is 25.2 Å². The minimum atomic E-state index is 0.0835. The van der Waals surface area contributed by atoms with Crippen LogP contribution in [-0.2, 0) is 11.2 Å². The second-order valence-corrected chi connectivity index (χ2v) is 4.84. The Morgan fingerprint density at radius 1 is 1.42 bits per heavy atom. The highest BCUT2D eigenvalue weighted by Crippen LogP contribution is 2.26. The molecule has 1 heterocycles. The minimum Gasteiger partial charge on any atom is -0.385 e. The van der Waals surface area contributed by atoms with Crippen LogP contribution >= 0.6 is 0 Å². The lowest BCUT2D eigenvalue weighted by atomic mass is 10.0. The molecule has 1 aromatic rings. The summed E-state index contributed by atoms with van der Waals surface area (Å²) in [6, 6.07) is 6.44. The first kappa shape index (κ1) is 13.7. The van der Waals surface area contributed by atoms with Gasteiger partial charge >= 0.3 is 0 Å². The third-order valence-electron chi connectivity index (χ3n) is 3.48. The molecule has 4 nitrogen and oxygen atoms in total. The Balaban J connectivity index is 2.12. The molecule has 0 saturated carbocycles. The SMILES string of the molecule is CCNC(=O)CN(CC)c1ccc2c(c1)CCCN2. The Kier molecular flexibility index (Phi) is 4.66. The summed E-state index contributed by atoms with van der Waals surface area (Å²) in [5, 5.41) is 6.26. The van der Waals surface area contributed by atoms with E-state index in [2.05, 4.69) is 40.7 Å². The van der Waals surface area contributed by atoms with Crippen LogP contribution in [0.3, 0.4) is 0 Å². The maximum atomic E-state index is 11.7. The van der Waals surface area contributed by atoms with Crippen LogP contribution in [0.2, 0.25) is 0 Å². The summed E-state index contributed by atoms with van der Waals surface area (Å²) in [5.41, 5.74) is 3.73. The fourth-order valence-corrected chi connectivity index (χ4v) is 2.47. The zero-order valence-electron chi connectivity index (χ0n) is 11.8. The molecule has 0 unspecified atom stereocenters. The van der Waals surface area contributed by atoms with Crippen molar-refractivity contribution in [3.05, 3.63) is 23.8 Å². The molecule has 1 amide bonds. The number of aryl methyl sites for hydroxylation is 1. The molecule has 19 heavy (non-hydrogen) atoms. The number of nitrogens with one attached hydrogen (secondary N) is 2. The van der Waals surface area contributed by atoms with Gasteiger partial charge in [-0.3, -0.25) is 4.79 Å². The zero-order valence-corrected chi connectivity index (χ0v) is 11.8. The number of rotatable bonds is 5. The number of benzene rings is 1. The molecule has 0 aromatic heterocycles. The average Bonchev–Trinajstić information content (AvgIpc) is 2.44. The van der Waals surface area contributed by atoms with Crippen molar-refractivity contribution in [2.24, 2.45) is 0 Å². The molecule has 4 heteroatoms. The molecule has 0 atom stereocenters. The van der Waals surface area contributed by atoms with Crippen LogP contribution in [0.5, 0.6) is 0 Å². The van der Waals surface area contributed by atoms with Gasteiger partial charge in [-0.15, -0.1) is 0 Å². The van der Waals surface area contributed by atoms with Crippen LogP contribution in [0.15, 0.2) is 18.2 Å². The number of amides is 1. The smallest absolute Gasteiger partial charge is 0.239 e. The van der Waals surface area contributed by atoms with E-state index in [1.807, 2.05) is 6.92 Å². The summed E-state index contributed by atoms with van der Waals surface area (Å²) < 4.78 is 0. The predicted octanol–water partition coefficient (Wildman–Crippen LogP) is 2.01. The second kappa shape index (κ2) is 6.45. The maximum Gasteiger partial charge on any atom is 0.239 e. The van der Waals surface area contributed by atoms with Crippen molar-refractivity contribution >= 4 is 17.3 Å². The number of nitrogens with zero attached hydrogens (tertiary/aromatic N) is 1. The maximum absolute atomic E-state index is 11.7. The molecule has 2 N–H and O–H groups in total. The van der Waals surface area contributed by atoms with Gasteiger partial charge in [-0.05, 0) is 50.5 Å². The van der Waals surface area contributed by atoms with Gasteiger partial charge < -0.3 is 15.5 Å². The molecule has 0 fully saturated rings. The van der Waals surface area contributed by atoms with Crippen LogP contribution in [0.1, 0.15) is 25.8 Å². The van der Waals surface area contributed by atoms with Crippen molar-refractivity contribution < 1.29 is 4.79 Å². The van der Waals surface area contributed by atoms with Gasteiger partial charge in [-0.2, -0.15) is 0 Å². The van der Waals surface area contributed by atoms with E-state index in [1.54, 1.807) is 0 Å². The van der Waals surface area contributed by atoms with Crippen LogP contribution in [-0.4, -0.2) is 32.1 Å². The molecule has 0 saturated heterocycles. The molecule has 0 spiro atoms. The third kappa shape index (κ3) is 3.40. The summed E-state index contributed by atoms with van der Waals surface area (Å²) in [4.78, 5) is 13.8. The van der Waals surface area contributed by atoms with E-state index in [9.17, 15) is 4.79 Å². The Labute approximate surface area is 115 Å². The number of hydrogen-bond acceptors (Lipinski definition) is 3. The van der Waals surface area contributed by atoms with Crippen molar-refractivity contribution in [3.63, 3.8) is 0 Å². The van der Waals surface area contributed by atoms with Gasteiger partial charge in [0.25, 0.3) is 0 Å². The first-order valence-electron chi connectivity index (χ1n) is 7.13. The number of carbonyl (C=O) groups is 1. The molecule has 0 aliphatic carbocycles. The van der Waals surface area contributed by atoms with E-state index >= 15 is 0 Å². The summed E-state index contributed by atoms with van der Waals surface area (Å²) in [6.45, 7) is 7.03. The van der Waals surface area contributed by atoms with E-state index in [0.29, 0.717) is 13.1 Å². The zero-order chi connectivity index (χ0) is 13.7. The van der Waals surface area contributed by atoms with Crippen LogP contribution < -0.4 is 15.5 Å². The Morgan fingerprint density at radius 2 is 2.26 bits per heavy atom. The summed E-state index contributed by atoms with van der Waals surface area (Å²) in [6.07, 6.45) is 2.30. The van der Waals surface area contributed by atoms with E-state index < -0.39 is 0 Å². The highest BCUT2D eigenvalue weighted by atomic mass is 16.2. The Morgan fingerprint density at radius 3 is 3.00 bits per heavy atom. The lowest BCUT2D eigenvalue weighted by molar-refractivity contribution is -0.119. The minimum absolute atomic E-state index is 0.0835. The van der Waals surface area contributed by atoms with Crippen molar-refractivity contribution in [2.75, 3.05) is 36.4 Å². The molecular formula is C15H23N3O. The molecule has 0 radical (unpaired) electrons. The third-order valence-corrected chi connectivity index (χ3v) is 3.48.